The lowest BCUT2D eigenvalue weighted by Gasteiger charge is -2.02. The number of pyridine rings is 1. The molecule has 0 unspecified atom stereocenters. The molecule has 0 saturated heterocycles. The van der Waals surface area contributed by atoms with Crippen LogP contribution in [-0.4, -0.2) is 15.1 Å². The number of aromatic nitrogens is 3. The molecule has 0 radical (unpaired) electrons. The molecule has 1 aromatic carbocycles. The van der Waals surface area contributed by atoms with Crippen LogP contribution in [0.1, 0.15) is 5.82 Å². The summed E-state index contributed by atoms with van der Waals surface area (Å²) in [6, 6.07) is 6.62. The van der Waals surface area contributed by atoms with Gasteiger partial charge in [0.1, 0.15) is 11.6 Å². The lowest BCUT2D eigenvalue weighted by Crippen LogP contribution is -1.88. The van der Waals surface area contributed by atoms with Crippen molar-refractivity contribution in [1.29, 1.82) is 0 Å². The molecule has 20 heavy (non-hydrogen) atoms. The first-order valence-corrected chi connectivity index (χ1v) is 5.85. The SMILES string of the molecule is Cc1noc(-c2ccc(-c3cc(F)cc(F)c3)nc2)n1. The van der Waals surface area contributed by atoms with Crippen molar-refractivity contribution in [2.75, 3.05) is 0 Å². The van der Waals surface area contributed by atoms with Crippen molar-refractivity contribution in [3.05, 3.63) is 54.0 Å². The fraction of sp³-hybridized carbons (Fsp3) is 0.0714. The van der Waals surface area contributed by atoms with Crippen LogP contribution in [0.4, 0.5) is 8.78 Å². The van der Waals surface area contributed by atoms with E-state index in [-0.39, 0.29) is 0 Å². The van der Waals surface area contributed by atoms with Crippen molar-refractivity contribution in [2.45, 2.75) is 6.92 Å². The highest BCUT2D eigenvalue weighted by atomic mass is 19.1. The van der Waals surface area contributed by atoms with Crippen molar-refractivity contribution in [2.24, 2.45) is 0 Å². The molecule has 2 aromatic heterocycles. The molecular weight excluding hydrogens is 264 g/mol. The number of rotatable bonds is 2. The Hall–Kier alpha value is -2.63. The van der Waals surface area contributed by atoms with E-state index in [9.17, 15) is 8.78 Å². The third kappa shape index (κ3) is 2.40. The van der Waals surface area contributed by atoms with Gasteiger partial charge in [0.2, 0.25) is 0 Å². The van der Waals surface area contributed by atoms with E-state index in [1.807, 2.05) is 0 Å². The van der Waals surface area contributed by atoms with Crippen LogP contribution < -0.4 is 0 Å². The summed E-state index contributed by atoms with van der Waals surface area (Å²) in [6.07, 6.45) is 1.52. The maximum absolute atomic E-state index is 13.2. The highest BCUT2D eigenvalue weighted by molar-refractivity contribution is 5.62. The van der Waals surface area contributed by atoms with Gasteiger partial charge in [-0.2, -0.15) is 4.98 Å². The van der Waals surface area contributed by atoms with Crippen LogP contribution in [-0.2, 0) is 0 Å². The molecule has 3 rings (SSSR count). The van der Waals surface area contributed by atoms with E-state index in [4.69, 9.17) is 4.52 Å². The Morgan fingerprint density at radius 3 is 2.30 bits per heavy atom. The summed E-state index contributed by atoms with van der Waals surface area (Å²) in [5.74, 6) is -0.403. The summed E-state index contributed by atoms with van der Waals surface area (Å²) in [6.45, 7) is 1.71. The van der Waals surface area contributed by atoms with Crippen LogP contribution in [0.2, 0.25) is 0 Å². The summed E-state index contributed by atoms with van der Waals surface area (Å²) in [4.78, 5) is 8.23. The van der Waals surface area contributed by atoms with Crippen LogP contribution >= 0.6 is 0 Å². The normalized spacial score (nSPS) is 10.8. The molecule has 100 valence electrons. The zero-order valence-corrected chi connectivity index (χ0v) is 10.5. The van der Waals surface area contributed by atoms with Gasteiger partial charge in [0, 0.05) is 17.8 Å². The van der Waals surface area contributed by atoms with Crippen LogP contribution in [0.3, 0.4) is 0 Å². The predicted octanol–water partition coefficient (Wildman–Crippen LogP) is 3.39. The molecule has 0 aliphatic rings. The van der Waals surface area contributed by atoms with Crippen LogP contribution in [0.5, 0.6) is 0 Å². The monoisotopic (exact) mass is 273 g/mol. The molecule has 0 atom stereocenters. The van der Waals surface area contributed by atoms with E-state index in [0.717, 1.165) is 6.07 Å². The Labute approximate surface area is 113 Å². The number of hydrogen-bond donors (Lipinski definition) is 0. The summed E-state index contributed by atoms with van der Waals surface area (Å²) >= 11 is 0. The molecule has 6 heteroatoms. The molecule has 2 heterocycles. The molecule has 0 aliphatic carbocycles. The van der Waals surface area contributed by atoms with Gasteiger partial charge in [-0.15, -0.1) is 0 Å². The molecule has 0 fully saturated rings. The fourth-order valence-corrected chi connectivity index (χ4v) is 1.81. The minimum Gasteiger partial charge on any atom is -0.334 e. The average molecular weight is 273 g/mol. The van der Waals surface area contributed by atoms with Gasteiger partial charge in [0.05, 0.1) is 11.3 Å². The minimum absolute atomic E-state index is 0.354. The first kappa shape index (κ1) is 12.4. The van der Waals surface area contributed by atoms with Gasteiger partial charge < -0.3 is 4.52 Å². The average Bonchev–Trinajstić information content (AvgIpc) is 2.84. The molecule has 0 saturated carbocycles. The van der Waals surface area contributed by atoms with Gasteiger partial charge in [-0.05, 0) is 31.2 Å². The predicted molar refractivity (Wildman–Crippen MR) is 67.6 cm³/mol. The number of benzene rings is 1. The lowest BCUT2D eigenvalue weighted by atomic mass is 10.1. The Morgan fingerprint density at radius 1 is 1.00 bits per heavy atom. The van der Waals surface area contributed by atoms with Gasteiger partial charge in [0.15, 0.2) is 5.82 Å². The van der Waals surface area contributed by atoms with Crippen molar-refractivity contribution in [3.8, 4) is 22.7 Å². The second kappa shape index (κ2) is 4.80. The molecule has 3 aromatic rings. The topological polar surface area (TPSA) is 51.8 Å². The van der Waals surface area contributed by atoms with Crippen LogP contribution in [0.15, 0.2) is 41.1 Å². The summed E-state index contributed by atoms with van der Waals surface area (Å²) in [5.41, 5.74) is 1.48. The largest absolute Gasteiger partial charge is 0.334 e. The Kier molecular flexibility index (Phi) is 2.98. The number of aryl methyl sites for hydroxylation is 1. The van der Waals surface area contributed by atoms with Gasteiger partial charge in [-0.25, -0.2) is 8.78 Å². The van der Waals surface area contributed by atoms with E-state index < -0.39 is 11.6 Å². The maximum Gasteiger partial charge on any atom is 0.259 e. The molecule has 0 aliphatic heterocycles. The van der Waals surface area contributed by atoms with E-state index >= 15 is 0 Å². The molecule has 0 N–H and O–H groups in total. The third-order valence-corrected chi connectivity index (χ3v) is 2.70. The third-order valence-electron chi connectivity index (χ3n) is 2.70. The first-order chi connectivity index (χ1) is 9.61. The molecule has 0 spiro atoms. The zero-order valence-electron chi connectivity index (χ0n) is 10.5. The quantitative estimate of drug-likeness (QED) is 0.718. The standard InChI is InChI=1S/C14H9F2N3O/c1-8-18-14(20-19-8)9-2-3-13(17-7-9)10-4-11(15)6-12(16)5-10/h2-7H,1H3. The fourth-order valence-electron chi connectivity index (χ4n) is 1.81. The summed E-state index contributed by atoms with van der Waals surface area (Å²) in [7, 11) is 0. The van der Waals surface area contributed by atoms with Crippen molar-refractivity contribution < 1.29 is 13.3 Å². The Bertz CT molecular complexity index is 733. The smallest absolute Gasteiger partial charge is 0.259 e. The minimum atomic E-state index is -0.640. The summed E-state index contributed by atoms with van der Waals surface area (Å²) < 4.78 is 31.3. The number of halogens is 2. The highest BCUT2D eigenvalue weighted by Gasteiger charge is 2.08. The zero-order chi connectivity index (χ0) is 14.1. The molecule has 4 nitrogen and oxygen atoms in total. The van der Waals surface area contributed by atoms with Crippen molar-refractivity contribution in [1.82, 2.24) is 15.1 Å². The van der Waals surface area contributed by atoms with E-state index in [1.54, 1.807) is 19.1 Å². The van der Waals surface area contributed by atoms with Gasteiger partial charge >= 0.3 is 0 Å². The second-order valence-corrected chi connectivity index (χ2v) is 4.24. The Morgan fingerprint density at radius 2 is 1.75 bits per heavy atom. The molecular formula is C14H9F2N3O. The maximum atomic E-state index is 13.2. The first-order valence-electron chi connectivity index (χ1n) is 5.85. The van der Waals surface area contributed by atoms with E-state index in [1.165, 1.54) is 18.3 Å². The van der Waals surface area contributed by atoms with Gasteiger partial charge in [0.25, 0.3) is 5.89 Å². The van der Waals surface area contributed by atoms with E-state index in [0.29, 0.717) is 28.5 Å². The summed E-state index contributed by atoms with van der Waals surface area (Å²) in [5, 5.41) is 3.68. The lowest BCUT2D eigenvalue weighted by molar-refractivity contribution is 0.425. The molecule has 0 bridgehead atoms. The van der Waals surface area contributed by atoms with Gasteiger partial charge in [-0.3, -0.25) is 4.98 Å². The van der Waals surface area contributed by atoms with Crippen LogP contribution in [0, 0.1) is 18.6 Å². The number of nitrogens with zero attached hydrogens (tertiary/aromatic N) is 3. The van der Waals surface area contributed by atoms with Gasteiger partial charge in [-0.1, -0.05) is 5.16 Å². The second-order valence-electron chi connectivity index (χ2n) is 4.24. The van der Waals surface area contributed by atoms with E-state index in [2.05, 4.69) is 15.1 Å². The van der Waals surface area contributed by atoms with Crippen molar-refractivity contribution in [3.63, 3.8) is 0 Å². The van der Waals surface area contributed by atoms with Crippen molar-refractivity contribution >= 4 is 0 Å². The highest BCUT2D eigenvalue weighted by Crippen LogP contribution is 2.22. The van der Waals surface area contributed by atoms with Crippen LogP contribution in [0.25, 0.3) is 22.7 Å². The number of hydrogen-bond acceptors (Lipinski definition) is 4. The Balaban J connectivity index is 1.96. The molecule has 0 amide bonds.